The average molecular weight is 231 g/mol. The summed E-state index contributed by atoms with van der Waals surface area (Å²) in [5, 5.41) is 18.4. The van der Waals surface area contributed by atoms with Gasteiger partial charge in [-0.1, -0.05) is 24.6 Å². The lowest BCUT2D eigenvalue weighted by molar-refractivity contribution is 0.171. The Hall–Kier alpha value is -0.770. The van der Waals surface area contributed by atoms with Crippen LogP contribution in [0, 0.1) is 5.92 Å². The first-order valence-electron chi connectivity index (χ1n) is 4.81. The molecule has 1 atom stereocenters. The highest BCUT2D eigenvalue weighted by Gasteiger charge is 2.08. The monoisotopic (exact) mass is 230 g/mol. The molecule has 0 saturated carbocycles. The Bertz CT molecular complexity index is 315. The Kier molecular flexibility index (Phi) is 4.88. The molecule has 1 aromatic rings. The zero-order chi connectivity index (χ0) is 11.3. The van der Waals surface area contributed by atoms with Crippen LogP contribution in [0.5, 0.6) is 5.75 Å². The number of aliphatic hydroxyl groups excluding tert-OH is 2. The van der Waals surface area contributed by atoms with Gasteiger partial charge in [-0.05, 0) is 12.1 Å². The van der Waals surface area contributed by atoms with Gasteiger partial charge in [0.2, 0.25) is 0 Å². The summed E-state index contributed by atoms with van der Waals surface area (Å²) in [4.78, 5) is 0. The van der Waals surface area contributed by atoms with Crippen LogP contribution in [-0.2, 0) is 6.61 Å². The van der Waals surface area contributed by atoms with E-state index in [-0.39, 0.29) is 19.1 Å². The van der Waals surface area contributed by atoms with Crippen LogP contribution in [0.15, 0.2) is 18.2 Å². The molecule has 2 N–H and O–H groups in total. The zero-order valence-corrected chi connectivity index (χ0v) is 9.37. The van der Waals surface area contributed by atoms with Crippen LogP contribution in [-0.4, -0.2) is 23.4 Å². The lowest BCUT2D eigenvalue weighted by Crippen LogP contribution is -2.13. The lowest BCUT2D eigenvalue weighted by Gasteiger charge is -2.13. The predicted octanol–water partition coefficient (Wildman–Crippen LogP) is 1.84. The number of benzene rings is 1. The van der Waals surface area contributed by atoms with E-state index in [2.05, 4.69) is 0 Å². The van der Waals surface area contributed by atoms with Crippen molar-refractivity contribution in [2.75, 3.05) is 13.2 Å². The highest BCUT2D eigenvalue weighted by Crippen LogP contribution is 2.26. The molecule has 0 radical (unpaired) electrons. The number of halogens is 1. The molecule has 0 bridgehead atoms. The van der Waals surface area contributed by atoms with Crippen molar-refractivity contribution in [3.63, 3.8) is 0 Å². The summed E-state index contributed by atoms with van der Waals surface area (Å²) in [6.07, 6.45) is 0. The van der Waals surface area contributed by atoms with E-state index < -0.39 is 0 Å². The Morgan fingerprint density at radius 1 is 1.40 bits per heavy atom. The summed E-state index contributed by atoms with van der Waals surface area (Å²) < 4.78 is 5.46. The third kappa shape index (κ3) is 3.38. The fourth-order valence-corrected chi connectivity index (χ4v) is 1.34. The summed E-state index contributed by atoms with van der Waals surface area (Å²) in [7, 11) is 0. The predicted molar refractivity (Wildman–Crippen MR) is 59.1 cm³/mol. The van der Waals surface area contributed by atoms with Crippen molar-refractivity contribution >= 4 is 11.6 Å². The molecular formula is C11H15ClO3. The molecular weight excluding hydrogens is 216 g/mol. The van der Waals surface area contributed by atoms with Gasteiger partial charge in [0.25, 0.3) is 0 Å². The molecule has 1 unspecified atom stereocenters. The van der Waals surface area contributed by atoms with Crippen molar-refractivity contribution in [1.82, 2.24) is 0 Å². The first-order valence-corrected chi connectivity index (χ1v) is 5.18. The lowest BCUT2D eigenvalue weighted by atomic mass is 10.2. The average Bonchev–Trinajstić information content (AvgIpc) is 2.25. The molecule has 0 spiro atoms. The van der Waals surface area contributed by atoms with Gasteiger partial charge in [0.15, 0.2) is 0 Å². The van der Waals surface area contributed by atoms with Gasteiger partial charge in [0.05, 0.1) is 13.2 Å². The van der Waals surface area contributed by atoms with Crippen molar-refractivity contribution in [3.05, 3.63) is 28.8 Å². The molecule has 3 nitrogen and oxygen atoms in total. The summed E-state index contributed by atoms with van der Waals surface area (Å²) in [6.45, 7) is 2.21. The fourth-order valence-electron chi connectivity index (χ4n) is 1.11. The van der Waals surface area contributed by atoms with Crippen LogP contribution in [0.1, 0.15) is 12.5 Å². The molecule has 0 aliphatic carbocycles. The van der Waals surface area contributed by atoms with Gasteiger partial charge in [-0.25, -0.2) is 0 Å². The Labute approximate surface area is 94.3 Å². The van der Waals surface area contributed by atoms with Crippen molar-refractivity contribution < 1.29 is 14.9 Å². The van der Waals surface area contributed by atoms with Gasteiger partial charge in [-0.15, -0.1) is 0 Å². The van der Waals surface area contributed by atoms with Crippen LogP contribution >= 0.6 is 11.6 Å². The number of hydrogen-bond acceptors (Lipinski definition) is 3. The van der Waals surface area contributed by atoms with Crippen molar-refractivity contribution in [2.24, 2.45) is 5.92 Å². The second kappa shape index (κ2) is 5.95. The summed E-state index contributed by atoms with van der Waals surface area (Å²) in [5.41, 5.74) is 0.587. The van der Waals surface area contributed by atoms with E-state index in [0.29, 0.717) is 22.9 Å². The van der Waals surface area contributed by atoms with Crippen molar-refractivity contribution in [3.8, 4) is 5.75 Å². The number of aliphatic hydroxyl groups is 2. The third-order valence-corrected chi connectivity index (χ3v) is 2.42. The Morgan fingerprint density at radius 3 is 2.73 bits per heavy atom. The highest BCUT2D eigenvalue weighted by atomic mass is 35.5. The number of rotatable bonds is 5. The van der Waals surface area contributed by atoms with E-state index in [1.165, 1.54) is 0 Å². The van der Waals surface area contributed by atoms with E-state index in [1.807, 2.05) is 6.92 Å². The molecule has 15 heavy (non-hydrogen) atoms. The summed E-state index contributed by atoms with van der Waals surface area (Å²) >= 11 is 5.89. The Morgan fingerprint density at radius 2 is 2.13 bits per heavy atom. The van der Waals surface area contributed by atoms with Crippen LogP contribution in [0.25, 0.3) is 0 Å². The molecule has 1 aromatic carbocycles. The fraction of sp³-hybridized carbons (Fsp3) is 0.455. The van der Waals surface area contributed by atoms with Gasteiger partial charge >= 0.3 is 0 Å². The molecule has 84 valence electrons. The molecule has 0 saturated heterocycles. The van der Waals surface area contributed by atoms with Gasteiger partial charge in [-0.2, -0.15) is 0 Å². The van der Waals surface area contributed by atoms with E-state index in [1.54, 1.807) is 18.2 Å². The smallest absolute Gasteiger partial charge is 0.126 e. The highest BCUT2D eigenvalue weighted by molar-refractivity contribution is 6.31. The van der Waals surface area contributed by atoms with E-state index >= 15 is 0 Å². The van der Waals surface area contributed by atoms with Crippen LogP contribution in [0.3, 0.4) is 0 Å². The quantitative estimate of drug-likeness (QED) is 0.812. The van der Waals surface area contributed by atoms with Crippen LogP contribution in [0.2, 0.25) is 5.02 Å². The molecule has 0 aliphatic heterocycles. The minimum absolute atomic E-state index is 0.0653. The Balaban J connectivity index is 2.72. The van der Waals surface area contributed by atoms with Crippen molar-refractivity contribution in [1.29, 1.82) is 0 Å². The van der Waals surface area contributed by atoms with E-state index in [9.17, 15) is 0 Å². The van der Waals surface area contributed by atoms with Gasteiger partial charge in [-0.3, -0.25) is 0 Å². The molecule has 0 amide bonds. The molecule has 0 fully saturated rings. The molecule has 0 aliphatic rings. The first kappa shape index (κ1) is 12.3. The minimum atomic E-state index is -0.150. The van der Waals surface area contributed by atoms with E-state index in [4.69, 9.17) is 26.6 Å². The largest absolute Gasteiger partial charge is 0.493 e. The van der Waals surface area contributed by atoms with Crippen LogP contribution < -0.4 is 4.74 Å². The second-order valence-electron chi connectivity index (χ2n) is 3.47. The summed E-state index contributed by atoms with van der Waals surface area (Å²) in [5.74, 6) is 0.640. The zero-order valence-electron chi connectivity index (χ0n) is 8.61. The van der Waals surface area contributed by atoms with Gasteiger partial charge in [0, 0.05) is 23.1 Å². The number of hydrogen-bond donors (Lipinski definition) is 2. The van der Waals surface area contributed by atoms with E-state index in [0.717, 1.165) is 0 Å². The SMILES string of the molecule is CC(CO)COc1cccc(Cl)c1CO. The first-order chi connectivity index (χ1) is 7.19. The maximum atomic E-state index is 9.11. The topological polar surface area (TPSA) is 49.7 Å². The summed E-state index contributed by atoms with van der Waals surface area (Å²) in [6, 6.07) is 5.22. The van der Waals surface area contributed by atoms with Crippen LogP contribution in [0.4, 0.5) is 0 Å². The standard InChI is InChI=1S/C11H15ClO3/c1-8(5-13)7-15-11-4-2-3-10(12)9(11)6-14/h2-4,8,13-14H,5-7H2,1H3. The third-order valence-electron chi connectivity index (χ3n) is 2.07. The van der Waals surface area contributed by atoms with Gasteiger partial charge in [0.1, 0.15) is 5.75 Å². The molecule has 0 aromatic heterocycles. The maximum Gasteiger partial charge on any atom is 0.126 e. The van der Waals surface area contributed by atoms with Crippen molar-refractivity contribution in [2.45, 2.75) is 13.5 Å². The number of ether oxygens (including phenoxy) is 1. The second-order valence-corrected chi connectivity index (χ2v) is 3.88. The minimum Gasteiger partial charge on any atom is -0.493 e. The maximum absolute atomic E-state index is 9.11. The normalized spacial score (nSPS) is 12.5. The molecule has 0 heterocycles. The van der Waals surface area contributed by atoms with Gasteiger partial charge < -0.3 is 14.9 Å². The molecule has 1 rings (SSSR count). The molecule has 4 heteroatoms.